The lowest BCUT2D eigenvalue weighted by Gasteiger charge is -2.17. The second-order valence-electron chi connectivity index (χ2n) is 4.77. The summed E-state index contributed by atoms with van der Waals surface area (Å²) in [5, 5.41) is 12.5. The first-order valence-electron chi connectivity index (χ1n) is 6.80. The molecule has 1 atom stereocenters. The van der Waals surface area contributed by atoms with E-state index in [1.54, 1.807) is 21.7 Å². The van der Waals surface area contributed by atoms with Crippen molar-refractivity contribution in [3.63, 3.8) is 0 Å². The van der Waals surface area contributed by atoms with Gasteiger partial charge in [-0.15, -0.1) is 11.7 Å². The summed E-state index contributed by atoms with van der Waals surface area (Å²) in [5.41, 5.74) is 0.753. The first-order valence-corrected chi connectivity index (χ1v) is 8.06. The van der Waals surface area contributed by atoms with E-state index >= 15 is 0 Å². The molecule has 6 nitrogen and oxygen atoms in total. The van der Waals surface area contributed by atoms with E-state index in [0.29, 0.717) is 23.3 Å². The van der Waals surface area contributed by atoms with Gasteiger partial charge < -0.3 is 4.90 Å². The highest BCUT2D eigenvalue weighted by Crippen LogP contribution is 2.34. The van der Waals surface area contributed by atoms with Crippen molar-refractivity contribution in [2.24, 2.45) is 0 Å². The van der Waals surface area contributed by atoms with Crippen molar-refractivity contribution in [1.82, 2.24) is 20.2 Å². The van der Waals surface area contributed by atoms with Gasteiger partial charge >= 0.3 is 0 Å². The van der Waals surface area contributed by atoms with Gasteiger partial charge in [-0.05, 0) is 29.0 Å². The van der Waals surface area contributed by atoms with Gasteiger partial charge in [0.15, 0.2) is 0 Å². The molecular formula is C14H14ClN5OS. The Morgan fingerprint density at radius 2 is 2.27 bits per heavy atom. The minimum Gasteiger partial charge on any atom is -0.310 e. The molecule has 0 radical (unpaired) electrons. The largest absolute Gasteiger partial charge is 0.310 e. The molecule has 0 N–H and O–H groups in total. The van der Waals surface area contributed by atoms with Crippen LogP contribution in [0.15, 0.2) is 42.1 Å². The zero-order valence-electron chi connectivity index (χ0n) is 11.7. The van der Waals surface area contributed by atoms with Gasteiger partial charge in [0.05, 0.1) is 22.5 Å². The van der Waals surface area contributed by atoms with Crippen LogP contribution >= 0.6 is 23.4 Å². The van der Waals surface area contributed by atoms with Gasteiger partial charge in [0, 0.05) is 6.54 Å². The van der Waals surface area contributed by atoms with Crippen molar-refractivity contribution in [3.05, 3.63) is 41.9 Å². The Morgan fingerprint density at radius 1 is 1.45 bits per heavy atom. The van der Waals surface area contributed by atoms with Crippen molar-refractivity contribution in [2.45, 2.75) is 23.4 Å². The number of hydrogen-bond donors (Lipinski definition) is 0. The van der Waals surface area contributed by atoms with Crippen LogP contribution in [0, 0.1) is 0 Å². The van der Waals surface area contributed by atoms with Gasteiger partial charge in [-0.25, -0.2) is 4.68 Å². The molecule has 1 aromatic heterocycles. The molecular weight excluding hydrogens is 322 g/mol. The fourth-order valence-corrected chi connectivity index (χ4v) is 3.58. The lowest BCUT2D eigenvalue weighted by atomic mass is 10.3. The van der Waals surface area contributed by atoms with E-state index in [4.69, 9.17) is 11.6 Å². The molecule has 0 saturated carbocycles. The highest BCUT2D eigenvalue weighted by molar-refractivity contribution is 8.00. The number of halogens is 1. The molecule has 1 aromatic carbocycles. The van der Waals surface area contributed by atoms with Crippen molar-refractivity contribution in [1.29, 1.82) is 0 Å². The van der Waals surface area contributed by atoms with Gasteiger partial charge in [0.1, 0.15) is 0 Å². The zero-order chi connectivity index (χ0) is 15.5. The number of tetrazole rings is 1. The van der Waals surface area contributed by atoms with Crippen molar-refractivity contribution in [3.8, 4) is 0 Å². The van der Waals surface area contributed by atoms with Gasteiger partial charge in [-0.1, -0.05) is 41.6 Å². The number of allylic oxidation sites excluding steroid dienone is 1. The number of nitrogens with zero attached hydrogens (tertiary/aromatic N) is 5. The molecule has 0 spiro atoms. The molecule has 0 bridgehead atoms. The van der Waals surface area contributed by atoms with E-state index in [2.05, 4.69) is 22.1 Å². The Labute approximate surface area is 137 Å². The third kappa shape index (κ3) is 2.86. The highest BCUT2D eigenvalue weighted by Gasteiger charge is 2.35. The minimum absolute atomic E-state index is 0.0336. The summed E-state index contributed by atoms with van der Waals surface area (Å²) in [6, 6.07) is 7.37. The Hall–Kier alpha value is -1.86. The average Bonchev–Trinajstić information content (AvgIpc) is 3.09. The van der Waals surface area contributed by atoms with Gasteiger partial charge in [-0.2, -0.15) is 0 Å². The smallest absolute Gasteiger partial charge is 0.240 e. The van der Waals surface area contributed by atoms with Crippen LogP contribution in [-0.2, 0) is 11.3 Å². The summed E-state index contributed by atoms with van der Waals surface area (Å²) in [6.45, 7) is 4.83. The van der Waals surface area contributed by atoms with E-state index in [0.717, 1.165) is 12.1 Å². The number of benzene rings is 1. The summed E-state index contributed by atoms with van der Waals surface area (Å²) in [4.78, 5) is 14.3. The number of amides is 1. The quantitative estimate of drug-likeness (QED) is 0.785. The van der Waals surface area contributed by atoms with Crippen LogP contribution in [0.25, 0.3) is 0 Å². The Kier molecular flexibility index (Phi) is 4.44. The number of thioether (sulfide) groups is 1. The van der Waals surface area contributed by atoms with E-state index in [9.17, 15) is 4.79 Å². The van der Waals surface area contributed by atoms with Crippen LogP contribution in [0.3, 0.4) is 0 Å². The maximum Gasteiger partial charge on any atom is 0.240 e. The van der Waals surface area contributed by atoms with Crippen LogP contribution < -0.4 is 4.90 Å². The average molecular weight is 336 g/mol. The number of carbonyl (C=O) groups excluding carboxylic acids is 1. The molecule has 114 valence electrons. The van der Waals surface area contributed by atoms with Crippen LogP contribution in [0.4, 0.5) is 5.69 Å². The maximum atomic E-state index is 12.6. The SMILES string of the molecule is C=CCn1nnnc1S[C@H]1CCN(c2ccccc2Cl)C1=O. The molecule has 2 aromatic rings. The highest BCUT2D eigenvalue weighted by atomic mass is 35.5. The number of hydrogen-bond acceptors (Lipinski definition) is 5. The number of carbonyl (C=O) groups is 1. The predicted molar refractivity (Wildman–Crippen MR) is 86.1 cm³/mol. The monoisotopic (exact) mass is 335 g/mol. The third-order valence-corrected chi connectivity index (χ3v) is 4.89. The van der Waals surface area contributed by atoms with Crippen LogP contribution in [-0.4, -0.2) is 37.9 Å². The van der Waals surface area contributed by atoms with E-state index < -0.39 is 0 Å². The maximum absolute atomic E-state index is 12.6. The summed E-state index contributed by atoms with van der Waals surface area (Å²) < 4.78 is 1.63. The Morgan fingerprint density at radius 3 is 3.05 bits per heavy atom. The fourth-order valence-electron chi connectivity index (χ4n) is 2.32. The number of aromatic nitrogens is 4. The normalized spacial score (nSPS) is 18.0. The molecule has 3 rings (SSSR count). The first kappa shape index (κ1) is 15.1. The molecule has 1 fully saturated rings. The second kappa shape index (κ2) is 6.50. The van der Waals surface area contributed by atoms with Crippen molar-refractivity contribution < 1.29 is 4.79 Å². The Balaban J connectivity index is 1.75. The van der Waals surface area contributed by atoms with Crippen LogP contribution in [0.1, 0.15) is 6.42 Å². The number of rotatable bonds is 5. The van der Waals surface area contributed by atoms with Crippen molar-refractivity contribution >= 4 is 35.0 Å². The summed E-state index contributed by atoms with van der Waals surface area (Å²) in [6.07, 6.45) is 2.45. The van der Waals surface area contributed by atoms with Crippen molar-refractivity contribution in [2.75, 3.05) is 11.4 Å². The lowest BCUT2D eigenvalue weighted by Crippen LogP contribution is -2.28. The van der Waals surface area contributed by atoms with Gasteiger partial charge in [-0.3, -0.25) is 4.79 Å². The molecule has 1 aliphatic rings. The molecule has 1 amide bonds. The number of anilines is 1. The number of para-hydroxylation sites is 1. The van der Waals surface area contributed by atoms with Crippen LogP contribution in [0.5, 0.6) is 0 Å². The van der Waals surface area contributed by atoms with E-state index in [-0.39, 0.29) is 11.2 Å². The predicted octanol–water partition coefficient (Wildman–Crippen LogP) is 2.41. The molecule has 2 heterocycles. The molecule has 0 unspecified atom stereocenters. The second-order valence-corrected chi connectivity index (χ2v) is 6.35. The molecule has 8 heteroatoms. The molecule has 1 aliphatic heterocycles. The summed E-state index contributed by atoms with van der Waals surface area (Å²) in [7, 11) is 0. The van der Waals surface area contributed by atoms with Crippen LogP contribution in [0.2, 0.25) is 5.02 Å². The lowest BCUT2D eigenvalue weighted by molar-refractivity contribution is -0.116. The van der Waals surface area contributed by atoms with Gasteiger partial charge in [0.2, 0.25) is 11.1 Å². The fraction of sp³-hybridized carbons (Fsp3) is 0.286. The standard InChI is InChI=1S/C14H14ClN5OS/c1-2-8-20-14(16-17-18-20)22-12-7-9-19(13(12)21)11-6-4-3-5-10(11)15/h2-6,12H,1,7-9H2/t12-/m0/s1. The van der Waals surface area contributed by atoms with Gasteiger partial charge in [0.25, 0.3) is 0 Å². The molecule has 22 heavy (non-hydrogen) atoms. The minimum atomic E-state index is -0.203. The van der Waals surface area contributed by atoms with E-state index in [1.165, 1.54) is 11.8 Å². The summed E-state index contributed by atoms with van der Waals surface area (Å²) in [5.74, 6) is 0.0336. The molecule has 0 aliphatic carbocycles. The van der Waals surface area contributed by atoms with E-state index in [1.807, 2.05) is 18.2 Å². The third-order valence-electron chi connectivity index (χ3n) is 3.35. The topological polar surface area (TPSA) is 63.9 Å². The molecule has 1 saturated heterocycles. The first-order chi connectivity index (χ1) is 10.7. The Bertz CT molecular complexity index is 704. The summed E-state index contributed by atoms with van der Waals surface area (Å²) >= 11 is 7.56. The zero-order valence-corrected chi connectivity index (χ0v) is 13.3.